The van der Waals surface area contributed by atoms with Crippen LogP contribution in [0.25, 0.3) is 10.9 Å². The van der Waals surface area contributed by atoms with Crippen LogP contribution in [0.15, 0.2) is 30.3 Å². The van der Waals surface area contributed by atoms with E-state index in [2.05, 4.69) is 29.4 Å². The van der Waals surface area contributed by atoms with Crippen LogP contribution >= 0.6 is 0 Å². The molecule has 1 N–H and O–H groups in total. The number of esters is 1. The van der Waals surface area contributed by atoms with Crippen molar-refractivity contribution in [3.05, 3.63) is 36.0 Å². The molecule has 5 heteroatoms. The number of nitrogens with zero attached hydrogens (tertiary/aromatic N) is 1. The van der Waals surface area contributed by atoms with E-state index in [1.807, 2.05) is 18.2 Å². The zero-order valence-electron chi connectivity index (χ0n) is 16.4. The number of aryl methyl sites for hydroxylation is 1. The first kappa shape index (κ1) is 19.6. The molecule has 0 radical (unpaired) electrons. The van der Waals surface area contributed by atoms with E-state index in [4.69, 9.17) is 9.47 Å². The molecule has 27 heavy (non-hydrogen) atoms. The second kappa shape index (κ2) is 9.70. The third kappa shape index (κ3) is 5.42. The fraction of sp³-hybridized carbons (Fsp3) is 0.545. The van der Waals surface area contributed by atoms with Gasteiger partial charge >= 0.3 is 5.97 Å². The summed E-state index contributed by atoms with van der Waals surface area (Å²) in [7, 11) is 1.41. The molecule has 2 atom stereocenters. The van der Waals surface area contributed by atoms with Crippen LogP contribution in [0.3, 0.4) is 0 Å². The minimum Gasteiger partial charge on any atom is -0.490 e. The molecule has 0 bridgehead atoms. The molecule has 1 fully saturated rings. The van der Waals surface area contributed by atoms with Crippen molar-refractivity contribution in [3.63, 3.8) is 0 Å². The first-order valence-electron chi connectivity index (χ1n) is 10.0. The molecule has 1 aromatic carbocycles. The molecule has 1 saturated heterocycles. The maximum atomic E-state index is 11.3. The number of hydrogen-bond donors (Lipinski definition) is 1. The number of piperidine rings is 1. The van der Waals surface area contributed by atoms with E-state index in [1.165, 1.54) is 26.4 Å². The number of rotatable bonds is 8. The summed E-state index contributed by atoms with van der Waals surface area (Å²) >= 11 is 0. The van der Waals surface area contributed by atoms with Gasteiger partial charge in [-0.3, -0.25) is 9.78 Å². The number of fused-ring (bicyclic) bond motifs is 1. The molecule has 3 rings (SSSR count). The summed E-state index contributed by atoms with van der Waals surface area (Å²) in [6.07, 6.45) is 5.97. The van der Waals surface area contributed by atoms with Crippen LogP contribution in [-0.2, 0) is 16.0 Å². The zero-order valence-corrected chi connectivity index (χ0v) is 16.4. The van der Waals surface area contributed by atoms with Crippen molar-refractivity contribution < 1.29 is 14.3 Å². The molecule has 1 aliphatic heterocycles. The Hall–Kier alpha value is -2.14. The van der Waals surface area contributed by atoms with Gasteiger partial charge in [-0.2, -0.15) is 0 Å². The van der Waals surface area contributed by atoms with Crippen molar-refractivity contribution >= 4 is 16.9 Å². The largest absolute Gasteiger partial charge is 0.490 e. The summed E-state index contributed by atoms with van der Waals surface area (Å²) in [5.74, 6) is 1.29. The van der Waals surface area contributed by atoms with Crippen LogP contribution < -0.4 is 10.1 Å². The van der Waals surface area contributed by atoms with Gasteiger partial charge in [0.2, 0.25) is 0 Å². The van der Waals surface area contributed by atoms with Gasteiger partial charge in [0, 0.05) is 30.0 Å². The Morgan fingerprint density at radius 3 is 3.00 bits per heavy atom. The Kier molecular flexibility index (Phi) is 7.04. The number of unbranched alkanes of at least 4 members (excludes halogenated alkanes) is 1. The molecular formula is C22H30N2O3. The summed E-state index contributed by atoms with van der Waals surface area (Å²) in [4.78, 5) is 16.0. The first-order valence-corrected chi connectivity index (χ1v) is 10.0. The van der Waals surface area contributed by atoms with Gasteiger partial charge in [0.25, 0.3) is 0 Å². The van der Waals surface area contributed by atoms with Gasteiger partial charge in [-0.25, -0.2) is 0 Å². The molecule has 0 saturated carbocycles. The second-order valence-corrected chi connectivity index (χ2v) is 7.28. The van der Waals surface area contributed by atoms with E-state index in [0.717, 1.165) is 41.9 Å². The highest BCUT2D eigenvalue weighted by molar-refractivity contribution is 5.80. The van der Waals surface area contributed by atoms with Crippen molar-refractivity contribution in [1.82, 2.24) is 10.3 Å². The van der Waals surface area contributed by atoms with Gasteiger partial charge in [0.1, 0.15) is 11.9 Å². The number of nitrogens with one attached hydrogen (secondary N) is 1. The van der Waals surface area contributed by atoms with Crippen LogP contribution in [0.1, 0.15) is 44.7 Å². The van der Waals surface area contributed by atoms with Crippen LogP contribution in [0, 0.1) is 5.92 Å². The average Bonchev–Trinajstić information content (AvgIpc) is 2.71. The zero-order chi connectivity index (χ0) is 19.1. The Bertz CT molecular complexity index is 762. The van der Waals surface area contributed by atoms with Crippen LogP contribution in [0.2, 0.25) is 0 Å². The standard InChI is InChI=1S/C22H30N2O3/c1-3-4-5-17-15-23-13-12-21(17)27-19-9-10-20-16(14-19)6-7-18(24-20)8-11-22(25)26-2/h6-7,9-10,14,17,21,23H,3-5,8,11-13,15H2,1-2H3. The molecule has 2 heterocycles. The topological polar surface area (TPSA) is 60.5 Å². The highest BCUT2D eigenvalue weighted by Crippen LogP contribution is 2.26. The highest BCUT2D eigenvalue weighted by atomic mass is 16.5. The van der Waals surface area contributed by atoms with Gasteiger partial charge in [0.05, 0.1) is 19.0 Å². The monoisotopic (exact) mass is 370 g/mol. The molecule has 2 unspecified atom stereocenters. The molecule has 0 spiro atoms. The Balaban J connectivity index is 1.67. The SMILES string of the molecule is CCCCC1CNCCC1Oc1ccc2nc(CCC(=O)OC)ccc2c1. The number of carbonyl (C=O) groups excluding carboxylic acids is 1. The second-order valence-electron chi connectivity index (χ2n) is 7.28. The van der Waals surface area contributed by atoms with E-state index >= 15 is 0 Å². The number of pyridine rings is 1. The number of aromatic nitrogens is 1. The maximum absolute atomic E-state index is 11.3. The summed E-state index contributed by atoms with van der Waals surface area (Å²) in [5, 5.41) is 4.56. The molecule has 1 aromatic heterocycles. The average molecular weight is 370 g/mol. The predicted molar refractivity (Wildman–Crippen MR) is 107 cm³/mol. The fourth-order valence-corrected chi connectivity index (χ4v) is 3.67. The fourth-order valence-electron chi connectivity index (χ4n) is 3.67. The number of carbonyl (C=O) groups is 1. The van der Waals surface area contributed by atoms with Crippen LogP contribution in [-0.4, -0.2) is 37.3 Å². The van der Waals surface area contributed by atoms with Crippen LogP contribution in [0.5, 0.6) is 5.75 Å². The smallest absolute Gasteiger partial charge is 0.305 e. The first-order chi connectivity index (χ1) is 13.2. The quantitative estimate of drug-likeness (QED) is 0.715. The van der Waals surface area contributed by atoms with Gasteiger partial charge in [-0.1, -0.05) is 25.8 Å². The maximum Gasteiger partial charge on any atom is 0.305 e. The van der Waals surface area contributed by atoms with E-state index in [0.29, 0.717) is 18.8 Å². The minimum absolute atomic E-state index is 0.208. The van der Waals surface area contributed by atoms with Crippen molar-refractivity contribution in [3.8, 4) is 5.75 Å². The lowest BCUT2D eigenvalue weighted by Gasteiger charge is -2.32. The van der Waals surface area contributed by atoms with Crippen molar-refractivity contribution in [2.24, 2.45) is 5.92 Å². The van der Waals surface area contributed by atoms with E-state index in [1.54, 1.807) is 0 Å². The lowest BCUT2D eigenvalue weighted by atomic mass is 9.91. The third-order valence-corrected chi connectivity index (χ3v) is 5.29. The summed E-state index contributed by atoms with van der Waals surface area (Å²) in [6.45, 7) is 4.30. The van der Waals surface area contributed by atoms with Gasteiger partial charge < -0.3 is 14.8 Å². The molecule has 0 amide bonds. The van der Waals surface area contributed by atoms with Gasteiger partial charge in [0.15, 0.2) is 0 Å². The predicted octanol–water partition coefficient (Wildman–Crippen LogP) is 3.89. The molecular weight excluding hydrogens is 340 g/mol. The summed E-state index contributed by atoms with van der Waals surface area (Å²) in [6, 6.07) is 10.1. The number of ether oxygens (including phenoxy) is 2. The summed E-state index contributed by atoms with van der Waals surface area (Å²) < 4.78 is 11.1. The third-order valence-electron chi connectivity index (χ3n) is 5.29. The molecule has 146 valence electrons. The van der Waals surface area contributed by atoms with Crippen molar-refractivity contribution in [2.45, 2.75) is 51.6 Å². The Morgan fingerprint density at radius 1 is 1.30 bits per heavy atom. The van der Waals surface area contributed by atoms with E-state index in [-0.39, 0.29) is 12.1 Å². The lowest BCUT2D eigenvalue weighted by Crippen LogP contribution is -2.42. The Morgan fingerprint density at radius 2 is 2.19 bits per heavy atom. The number of methoxy groups -OCH3 is 1. The number of hydrogen-bond acceptors (Lipinski definition) is 5. The van der Waals surface area contributed by atoms with Gasteiger partial charge in [-0.05, 0) is 43.7 Å². The van der Waals surface area contributed by atoms with E-state index in [9.17, 15) is 4.79 Å². The number of benzene rings is 1. The van der Waals surface area contributed by atoms with Gasteiger partial charge in [-0.15, -0.1) is 0 Å². The van der Waals surface area contributed by atoms with Crippen molar-refractivity contribution in [2.75, 3.05) is 20.2 Å². The Labute approximate surface area is 161 Å². The van der Waals surface area contributed by atoms with Crippen molar-refractivity contribution in [1.29, 1.82) is 0 Å². The molecule has 2 aromatic rings. The molecule has 0 aliphatic carbocycles. The lowest BCUT2D eigenvalue weighted by molar-refractivity contribution is -0.140. The van der Waals surface area contributed by atoms with Crippen LogP contribution in [0.4, 0.5) is 0 Å². The van der Waals surface area contributed by atoms with E-state index < -0.39 is 0 Å². The molecule has 1 aliphatic rings. The normalized spacial score (nSPS) is 19.8. The summed E-state index contributed by atoms with van der Waals surface area (Å²) in [5.41, 5.74) is 1.83. The minimum atomic E-state index is -0.208. The highest BCUT2D eigenvalue weighted by Gasteiger charge is 2.26. The molecule has 5 nitrogen and oxygen atoms in total.